The van der Waals surface area contributed by atoms with Gasteiger partial charge in [0.2, 0.25) is 0 Å². The van der Waals surface area contributed by atoms with Gasteiger partial charge in [0.05, 0.1) is 6.42 Å². The van der Waals surface area contributed by atoms with Crippen LogP contribution in [0.5, 0.6) is 0 Å². The highest BCUT2D eigenvalue weighted by atomic mass is 35.5. The van der Waals surface area contributed by atoms with E-state index in [0.717, 1.165) is 0 Å². The summed E-state index contributed by atoms with van der Waals surface area (Å²) in [5, 5.41) is 8.91. The van der Waals surface area contributed by atoms with Crippen LogP contribution in [0.4, 0.5) is 0 Å². The summed E-state index contributed by atoms with van der Waals surface area (Å²) in [6.45, 7) is 0.141. The molecule has 1 heterocycles. The van der Waals surface area contributed by atoms with Gasteiger partial charge in [-0.15, -0.1) is 0 Å². The maximum atomic E-state index is 11.7. The summed E-state index contributed by atoms with van der Waals surface area (Å²) in [5.74, 6) is -1.29. The molecule has 0 bridgehead atoms. The summed E-state index contributed by atoms with van der Waals surface area (Å²) in [6, 6.07) is 3.01. The molecular weight excluding hydrogens is 232 g/mol. The smallest absolute Gasteiger partial charge is 0.305 e. The van der Waals surface area contributed by atoms with Crippen LogP contribution in [0.15, 0.2) is 18.3 Å². The second-order valence-electron chi connectivity index (χ2n) is 3.23. The van der Waals surface area contributed by atoms with Gasteiger partial charge in [0.25, 0.3) is 5.91 Å². The molecule has 1 aromatic rings. The van der Waals surface area contributed by atoms with Crippen molar-refractivity contribution in [3.05, 3.63) is 29.0 Å². The lowest BCUT2D eigenvalue weighted by Gasteiger charge is -2.15. The van der Waals surface area contributed by atoms with Crippen molar-refractivity contribution in [2.24, 2.45) is 0 Å². The summed E-state index contributed by atoms with van der Waals surface area (Å²) in [4.78, 5) is 27.2. The molecule has 1 aromatic heterocycles. The Hall–Kier alpha value is -1.62. The van der Waals surface area contributed by atoms with Gasteiger partial charge in [-0.1, -0.05) is 11.6 Å². The zero-order valence-corrected chi connectivity index (χ0v) is 9.44. The summed E-state index contributed by atoms with van der Waals surface area (Å²) in [7, 11) is 1.52. The van der Waals surface area contributed by atoms with Crippen LogP contribution in [0.1, 0.15) is 16.9 Å². The van der Waals surface area contributed by atoms with E-state index < -0.39 is 5.97 Å². The van der Waals surface area contributed by atoms with Gasteiger partial charge in [-0.05, 0) is 12.1 Å². The third-order valence-corrected chi connectivity index (χ3v) is 2.18. The first-order valence-electron chi connectivity index (χ1n) is 4.59. The Bertz CT molecular complexity index is 409. The fourth-order valence-electron chi connectivity index (χ4n) is 1.08. The number of carboxylic acid groups (broad SMARTS) is 1. The number of carbonyl (C=O) groups excluding carboxylic acids is 1. The van der Waals surface area contributed by atoms with Gasteiger partial charge in [0.1, 0.15) is 5.69 Å². The summed E-state index contributed by atoms with van der Waals surface area (Å²) >= 11 is 5.72. The molecule has 6 heteroatoms. The first kappa shape index (κ1) is 12.4. The third kappa shape index (κ3) is 3.51. The number of aliphatic carboxylic acids is 1. The topological polar surface area (TPSA) is 70.5 Å². The standard InChI is InChI=1S/C10H11ClN2O3/c1-13(5-3-9(14)15)10(16)8-6-7(11)2-4-12-8/h2,4,6H,3,5H2,1H3,(H,14,15). The Morgan fingerprint density at radius 2 is 2.25 bits per heavy atom. The van der Waals surface area contributed by atoms with E-state index in [2.05, 4.69) is 4.98 Å². The van der Waals surface area contributed by atoms with Crippen molar-refractivity contribution in [2.45, 2.75) is 6.42 Å². The fourth-order valence-corrected chi connectivity index (χ4v) is 1.24. The Morgan fingerprint density at radius 3 is 2.81 bits per heavy atom. The number of amides is 1. The van der Waals surface area contributed by atoms with Crippen LogP contribution in [-0.4, -0.2) is 40.5 Å². The number of halogens is 1. The van der Waals surface area contributed by atoms with E-state index >= 15 is 0 Å². The average Bonchev–Trinajstić information content (AvgIpc) is 2.24. The second kappa shape index (κ2) is 5.46. The highest BCUT2D eigenvalue weighted by Gasteiger charge is 2.14. The molecule has 1 rings (SSSR count). The number of carboxylic acids is 1. The van der Waals surface area contributed by atoms with Gasteiger partial charge in [0.15, 0.2) is 0 Å². The lowest BCUT2D eigenvalue weighted by molar-refractivity contribution is -0.137. The van der Waals surface area contributed by atoms with Crippen molar-refractivity contribution >= 4 is 23.5 Å². The highest BCUT2D eigenvalue weighted by molar-refractivity contribution is 6.30. The Kier molecular flexibility index (Phi) is 4.25. The number of aromatic nitrogens is 1. The molecule has 0 aliphatic carbocycles. The first-order valence-corrected chi connectivity index (χ1v) is 4.97. The van der Waals surface area contributed by atoms with Crippen LogP contribution in [0.3, 0.4) is 0 Å². The summed E-state index contributed by atoms with van der Waals surface area (Å²) < 4.78 is 0. The van der Waals surface area contributed by atoms with Gasteiger partial charge in [-0.25, -0.2) is 0 Å². The Labute approximate surface area is 97.7 Å². The van der Waals surface area contributed by atoms with Crippen LogP contribution in [0, 0.1) is 0 Å². The van der Waals surface area contributed by atoms with E-state index in [1.807, 2.05) is 0 Å². The molecule has 0 saturated carbocycles. The Balaban J connectivity index is 2.67. The molecule has 0 aromatic carbocycles. The van der Waals surface area contributed by atoms with Gasteiger partial charge in [0, 0.05) is 24.8 Å². The zero-order valence-electron chi connectivity index (χ0n) is 8.68. The van der Waals surface area contributed by atoms with Gasteiger partial charge in [-0.3, -0.25) is 14.6 Å². The highest BCUT2D eigenvalue weighted by Crippen LogP contribution is 2.09. The zero-order chi connectivity index (χ0) is 12.1. The first-order chi connectivity index (χ1) is 7.50. The SMILES string of the molecule is CN(CCC(=O)O)C(=O)c1cc(Cl)ccn1. The molecule has 1 amide bonds. The lowest BCUT2D eigenvalue weighted by atomic mass is 10.3. The number of hydrogen-bond acceptors (Lipinski definition) is 3. The molecule has 0 aliphatic heterocycles. The quantitative estimate of drug-likeness (QED) is 0.864. The van der Waals surface area contributed by atoms with Crippen LogP contribution in [-0.2, 0) is 4.79 Å². The number of nitrogens with zero attached hydrogens (tertiary/aromatic N) is 2. The van der Waals surface area contributed by atoms with Crippen LogP contribution >= 0.6 is 11.6 Å². The minimum absolute atomic E-state index is 0.0944. The van der Waals surface area contributed by atoms with Crippen molar-refractivity contribution in [1.29, 1.82) is 0 Å². The number of rotatable bonds is 4. The van der Waals surface area contributed by atoms with E-state index in [0.29, 0.717) is 5.02 Å². The molecule has 0 fully saturated rings. The van der Waals surface area contributed by atoms with E-state index in [1.165, 1.54) is 24.2 Å². The van der Waals surface area contributed by atoms with Crippen LogP contribution in [0.2, 0.25) is 5.02 Å². The molecule has 16 heavy (non-hydrogen) atoms. The monoisotopic (exact) mass is 242 g/mol. The molecule has 0 atom stereocenters. The lowest BCUT2D eigenvalue weighted by Crippen LogP contribution is -2.29. The molecule has 5 nitrogen and oxygen atoms in total. The van der Waals surface area contributed by atoms with Gasteiger partial charge < -0.3 is 10.0 Å². The van der Waals surface area contributed by atoms with Crippen molar-refractivity contribution in [1.82, 2.24) is 9.88 Å². The predicted molar refractivity (Wildman–Crippen MR) is 58.5 cm³/mol. The molecule has 0 aliphatic rings. The van der Waals surface area contributed by atoms with Crippen molar-refractivity contribution < 1.29 is 14.7 Å². The predicted octanol–water partition coefficient (Wildman–Crippen LogP) is 1.28. The molecule has 86 valence electrons. The third-order valence-electron chi connectivity index (χ3n) is 1.95. The second-order valence-corrected chi connectivity index (χ2v) is 3.67. The maximum Gasteiger partial charge on any atom is 0.305 e. The largest absolute Gasteiger partial charge is 0.481 e. The van der Waals surface area contributed by atoms with E-state index in [1.54, 1.807) is 6.07 Å². The summed E-state index contributed by atoms with van der Waals surface area (Å²) in [6.07, 6.45) is 1.34. The minimum atomic E-state index is -0.946. The number of carbonyl (C=O) groups is 2. The molecular formula is C10H11ClN2O3. The molecule has 0 radical (unpaired) electrons. The van der Waals surface area contributed by atoms with Crippen molar-refractivity contribution in [2.75, 3.05) is 13.6 Å². The molecule has 0 saturated heterocycles. The van der Waals surface area contributed by atoms with Crippen molar-refractivity contribution in [3.63, 3.8) is 0 Å². The average molecular weight is 243 g/mol. The van der Waals surface area contributed by atoms with E-state index in [4.69, 9.17) is 16.7 Å². The minimum Gasteiger partial charge on any atom is -0.481 e. The normalized spacial score (nSPS) is 9.88. The van der Waals surface area contributed by atoms with E-state index in [9.17, 15) is 9.59 Å². The van der Waals surface area contributed by atoms with Gasteiger partial charge >= 0.3 is 5.97 Å². The molecule has 0 unspecified atom stereocenters. The maximum absolute atomic E-state index is 11.7. The number of hydrogen-bond donors (Lipinski definition) is 1. The molecule has 0 spiro atoms. The van der Waals surface area contributed by atoms with Crippen LogP contribution < -0.4 is 0 Å². The summed E-state index contributed by atoms with van der Waals surface area (Å²) in [5.41, 5.74) is 0.209. The van der Waals surface area contributed by atoms with Gasteiger partial charge in [-0.2, -0.15) is 0 Å². The van der Waals surface area contributed by atoms with E-state index in [-0.39, 0.29) is 24.6 Å². The molecule has 1 N–H and O–H groups in total. The number of pyridine rings is 1. The Morgan fingerprint density at radius 1 is 1.56 bits per heavy atom. The van der Waals surface area contributed by atoms with Crippen LogP contribution in [0.25, 0.3) is 0 Å². The fraction of sp³-hybridized carbons (Fsp3) is 0.300. The van der Waals surface area contributed by atoms with Crippen molar-refractivity contribution in [3.8, 4) is 0 Å².